The van der Waals surface area contributed by atoms with Gasteiger partial charge in [-0.05, 0) is 13.3 Å². The number of ketones is 1. The van der Waals surface area contributed by atoms with Gasteiger partial charge in [0.25, 0.3) is 0 Å². The van der Waals surface area contributed by atoms with E-state index in [9.17, 15) is 14.7 Å². The van der Waals surface area contributed by atoms with Crippen LogP contribution in [0.3, 0.4) is 0 Å². The third-order valence-corrected chi connectivity index (χ3v) is 1.18. The second-order valence-electron chi connectivity index (χ2n) is 1.89. The first-order chi connectivity index (χ1) is 4.09. The molecule has 3 nitrogen and oxygen atoms in total. The van der Waals surface area contributed by atoms with Crippen LogP contribution >= 0.6 is 0 Å². The summed E-state index contributed by atoms with van der Waals surface area (Å²) < 4.78 is 0. The van der Waals surface area contributed by atoms with Crippen LogP contribution in [0.2, 0.25) is 0 Å². The molecule has 4 heteroatoms. The molecule has 0 N–H and O–H groups in total. The fraction of sp³-hybridized carbons (Fsp3) is 0.667. The normalized spacial score (nSPS) is 11.4. The molecule has 0 rings (SSSR count). The smallest absolute Gasteiger partial charge is 0.549 e. The Hall–Kier alpha value is 0.776. The minimum atomic E-state index is -1.27. The monoisotopic (exact) mass is 168 g/mol. The topological polar surface area (TPSA) is 57.2 Å². The van der Waals surface area contributed by atoms with E-state index in [1.165, 1.54) is 6.92 Å². The van der Waals surface area contributed by atoms with Crippen molar-refractivity contribution >= 4 is 11.8 Å². The molecule has 0 aliphatic rings. The van der Waals surface area contributed by atoms with Crippen molar-refractivity contribution < 1.29 is 66.1 Å². The van der Waals surface area contributed by atoms with Crippen molar-refractivity contribution in [3.63, 3.8) is 0 Å². The maximum absolute atomic E-state index is 10.4. The first kappa shape index (κ1) is 13.4. The van der Waals surface area contributed by atoms with Crippen LogP contribution in [0, 0.1) is 5.92 Å². The molecular formula is C6H9KO3. The van der Waals surface area contributed by atoms with Gasteiger partial charge in [-0.15, -0.1) is 0 Å². The number of hydrogen-bond acceptors (Lipinski definition) is 3. The van der Waals surface area contributed by atoms with E-state index in [0.717, 1.165) is 0 Å². The molecule has 0 bridgehead atoms. The van der Waals surface area contributed by atoms with E-state index in [0.29, 0.717) is 6.42 Å². The van der Waals surface area contributed by atoms with Crippen LogP contribution in [0.15, 0.2) is 0 Å². The molecule has 0 fully saturated rings. The maximum Gasteiger partial charge on any atom is 1.00 e. The fourth-order valence-electron chi connectivity index (χ4n) is 0.620. The molecule has 10 heavy (non-hydrogen) atoms. The van der Waals surface area contributed by atoms with Gasteiger partial charge >= 0.3 is 51.4 Å². The van der Waals surface area contributed by atoms with Crippen LogP contribution in [-0.2, 0) is 9.59 Å². The van der Waals surface area contributed by atoms with E-state index in [2.05, 4.69) is 0 Å². The summed E-state index contributed by atoms with van der Waals surface area (Å²) in [5, 5.41) is 10.0. The summed E-state index contributed by atoms with van der Waals surface area (Å²) in [5.41, 5.74) is 0. The zero-order valence-corrected chi connectivity index (χ0v) is 9.63. The largest absolute Gasteiger partial charge is 1.00 e. The number of Topliss-reactive ketones (excluding diaryl/α,β-unsaturated/α-hetero) is 1. The Balaban J connectivity index is 0. The molecule has 0 amide bonds. The zero-order valence-electron chi connectivity index (χ0n) is 6.51. The van der Waals surface area contributed by atoms with E-state index in [4.69, 9.17) is 0 Å². The Morgan fingerprint density at radius 1 is 1.50 bits per heavy atom. The minimum Gasteiger partial charge on any atom is -0.549 e. The average molecular weight is 168 g/mol. The van der Waals surface area contributed by atoms with Crippen LogP contribution < -0.4 is 56.5 Å². The summed E-state index contributed by atoms with van der Waals surface area (Å²) in [6, 6.07) is 0. The van der Waals surface area contributed by atoms with Crippen molar-refractivity contribution in [2.24, 2.45) is 5.92 Å². The molecule has 1 unspecified atom stereocenters. The predicted octanol–water partition coefficient (Wildman–Crippen LogP) is -3.64. The van der Waals surface area contributed by atoms with E-state index in [1.54, 1.807) is 6.92 Å². The Morgan fingerprint density at radius 2 is 1.90 bits per heavy atom. The molecular weight excluding hydrogens is 159 g/mol. The molecule has 52 valence electrons. The van der Waals surface area contributed by atoms with E-state index in [1.807, 2.05) is 0 Å². The molecule has 0 aliphatic carbocycles. The standard InChI is InChI=1S/C6H10O3.K/c1-3-5(4(2)7)6(8)9;/h5H,3H2,1-2H3,(H,8,9);/q;+1/p-1. The number of aliphatic carboxylic acids is 1. The zero-order chi connectivity index (χ0) is 7.44. The molecule has 0 aromatic carbocycles. The van der Waals surface area contributed by atoms with Crippen molar-refractivity contribution in [1.82, 2.24) is 0 Å². The molecule has 0 heterocycles. The second kappa shape index (κ2) is 6.48. The van der Waals surface area contributed by atoms with Gasteiger partial charge in [0.15, 0.2) is 0 Å². The SMILES string of the molecule is CCC(C(C)=O)C(=O)[O-].[K+]. The van der Waals surface area contributed by atoms with Crippen LogP contribution in [-0.4, -0.2) is 11.8 Å². The minimum absolute atomic E-state index is 0. The number of carbonyl (C=O) groups excluding carboxylic acids is 2. The molecule has 0 radical (unpaired) electrons. The Labute approximate surface area is 103 Å². The summed E-state index contributed by atoms with van der Waals surface area (Å²) in [5.74, 6) is -2.52. The first-order valence-electron chi connectivity index (χ1n) is 2.81. The van der Waals surface area contributed by atoms with Gasteiger partial charge in [0, 0.05) is 0 Å². The maximum atomic E-state index is 10.4. The van der Waals surface area contributed by atoms with Crippen molar-refractivity contribution in [1.29, 1.82) is 0 Å². The molecule has 0 saturated heterocycles. The third kappa shape index (κ3) is 4.57. The quantitative estimate of drug-likeness (QED) is 0.322. The second-order valence-corrected chi connectivity index (χ2v) is 1.89. The van der Waals surface area contributed by atoms with Crippen molar-refractivity contribution in [3.8, 4) is 0 Å². The van der Waals surface area contributed by atoms with Gasteiger partial charge in [0.2, 0.25) is 0 Å². The number of carbonyl (C=O) groups is 2. The summed E-state index contributed by atoms with van der Waals surface area (Å²) in [6.07, 6.45) is 0.317. The number of rotatable bonds is 3. The number of carboxylic acids is 1. The van der Waals surface area contributed by atoms with Crippen molar-refractivity contribution in [3.05, 3.63) is 0 Å². The van der Waals surface area contributed by atoms with Gasteiger partial charge in [-0.1, -0.05) is 6.92 Å². The molecule has 0 aromatic heterocycles. The summed E-state index contributed by atoms with van der Waals surface area (Å²) >= 11 is 0. The fourth-order valence-corrected chi connectivity index (χ4v) is 0.620. The summed E-state index contributed by atoms with van der Waals surface area (Å²) in [4.78, 5) is 20.4. The molecule has 0 spiro atoms. The molecule has 0 saturated carbocycles. The molecule has 0 aromatic rings. The van der Waals surface area contributed by atoms with Gasteiger partial charge in [-0.25, -0.2) is 0 Å². The Morgan fingerprint density at radius 3 is 1.90 bits per heavy atom. The van der Waals surface area contributed by atoms with Crippen LogP contribution in [0.1, 0.15) is 20.3 Å². The summed E-state index contributed by atoms with van der Waals surface area (Å²) in [7, 11) is 0. The van der Waals surface area contributed by atoms with E-state index < -0.39 is 11.9 Å². The van der Waals surface area contributed by atoms with E-state index >= 15 is 0 Å². The average Bonchev–Trinajstić information content (AvgIpc) is 1.64. The van der Waals surface area contributed by atoms with Crippen LogP contribution in [0.25, 0.3) is 0 Å². The van der Waals surface area contributed by atoms with Gasteiger partial charge in [0.05, 0.1) is 11.9 Å². The number of hydrogen-bond donors (Lipinski definition) is 0. The molecule has 1 atom stereocenters. The Kier molecular flexibility index (Phi) is 8.67. The Bertz CT molecular complexity index is 119. The summed E-state index contributed by atoms with van der Waals surface area (Å²) in [6.45, 7) is 2.89. The van der Waals surface area contributed by atoms with Gasteiger partial charge in [-0.3, -0.25) is 4.79 Å². The first-order valence-corrected chi connectivity index (χ1v) is 2.81. The third-order valence-electron chi connectivity index (χ3n) is 1.18. The van der Waals surface area contributed by atoms with Gasteiger partial charge in [0.1, 0.15) is 5.78 Å². The van der Waals surface area contributed by atoms with Gasteiger partial charge in [-0.2, -0.15) is 0 Å². The molecule has 0 aliphatic heterocycles. The van der Waals surface area contributed by atoms with Crippen molar-refractivity contribution in [2.45, 2.75) is 20.3 Å². The number of carboxylic acid groups (broad SMARTS) is 1. The predicted molar refractivity (Wildman–Crippen MR) is 29.5 cm³/mol. The van der Waals surface area contributed by atoms with Crippen molar-refractivity contribution in [2.75, 3.05) is 0 Å². The van der Waals surface area contributed by atoms with Crippen LogP contribution in [0.4, 0.5) is 0 Å². The van der Waals surface area contributed by atoms with Gasteiger partial charge < -0.3 is 9.90 Å². The van der Waals surface area contributed by atoms with Crippen LogP contribution in [0.5, 0.6) is 0 Å². The van der Waals surface area contributed by atoms with E-state index in [-0.39, 0.29) is 57.2 Å².